The summed E-state index contributed by atoms with van der Waals surface area (Å²) in [5.74, 6) is 1.96. The molecule has 1 saturated carbocycles. The molecule has 2 aliphatic rings. The average Bonchev–Trinajstić information content (AvgIpc) is 2.75. The van der Waals surface area contributed by atoms with Crippen LogP contribution in [0.25, 0.3) is 0 Å². The highest BCUT2D eigenvalue weighted by molar-refractivity contribution is 5.80. The van der Waals surface area contributed by atoms with Crippen molar-refractivity contribution in [2.75, 3.05) is 33.8 Å². The van der Waals surface area contributed by atoms with Crippen molar-refractivity contribution in [3.63, 3.8) is 0 Å². The summed E-state index contributed by atoms with van der Waals surface area (Å²) in [4.78, 5) is 18.2. The molecule has 1 aliphatic heterocycles. The molecule has 1 saturated heterocycles. The largest absolute Gasteiger partial charge is 0.497 e. The first-order chi connectivity index (χ1) is 14.1. The van der Waals surface area contributed by atoms with Crippen LogP contribution in [0.1, 0.15) is 56.9 Å². The van der Waals surface area contributed by atoms with Crippen molar-refractivity contribution in [1.82, 2.24) is 10.2 Å². The highest BCUT2D eigenvalue weighted by Crippen LogP contribution is 2.39. The van der Waals surface area contributed by atoms with Gasteiger partial charge >= 0.3 is 0 Å². The standard InChI is InChI=1S/C23H36N4O2/c1-25-22(27-14-6-7-18(16-27)15-21(24)28)26-17-23(12-4-3-5-13-23)19-8-10-20(29-2)11-9-19/h8-11,18H,3-7,12-17H2,1-2H3,(H2,24,28)(H,25,26). The van der Waals surface area contributed by atoms with Crippen LogP contribution in [-0.2, 0) is 10.2 Å². The molecular weight excluding hydrogens is 364 g/mol. The van der Waals surface area contributed by atoms with Crippen LogP contribution in [0.2, 0.25) is 0 Å². The van der Waals surface area contributed by atoms with Gasteiger partial charge in [-0.05, 0) is 49.3 Å². The quantitative estimate of drug-likeness (QED) is 0.568. The normalized spacial score (nSPS) is 22.2. The SMILES string of the molecule is CN=C(NCC1(c2ccc(OC)cc2)CCCCC1)N1CCCC(CC(N)=O)C1. The zero-order chi connectivity index (χ0) is 20.7. The number of ether oxygens (including phenoxy) is 1. The highest BCUT2D eigenvalue weighted by Gasteiger charge is 2.34. The van der Waals surface area contributed by atoms with Crippen molar-refractivity contribution in [2.24, 2.45) is 16.6 Å². The van der Waals surface area contributed by atoms with E-state index in [1.807, 2.05) is 7.05 Å². The summed E-state index contributed by atoms with van der Waals surface area (Å²) in [6, 6.07) is 8.58. The van der Waals surface area contributed by atoms with Gasteiger partial charge < -0.3 is 20.7 Å². The number of methoxy groups -OCH3 is 1. The maximum Gasteiger partial charge on any atom is 0.217 e. The lowest BCUT2D eigenvalue weighted by Crippen LogP contribution is -2.51. The maximum atomic E-state index is 11.3. The number of benzene rings is 1. The molecule has 0 radical (unpaired) electrons. The molecule has 6 heteroatoms. The lowest BCUT2D eigenvalue weighted by molar-refractivity contribution is -0.119. The fraction of sp³-hybridized carbons (Fsp3) is 0.652. The van der Waals surface area contributed by atoms with Crippen LogP contribution in [0.3, 0.4) is 0 Å². The lowest BCUT2D eigenvalue weighted by atomic mass is 9.69. The minimum absolute atomic E-state index is 0.128. The average molecular weight is 401 g/mol. The minimum atomic E-state index is -0.208. The fourth-order valence-corrected chi connectivity index (χ4v) is 5.03. The molecule has 1 heterocycles. The zero-order valence-electron chi connectivity index (χ0n) is 18.0. The smallest absolute Gasteiger partial charge is 0.217 e. The molecule has 1 aromatic rings. The number of carbonyl (C=O) groups is 1. The monoisotopic (exact) mass is 400 g/mol. The van der Waals surface area contributed by atoms with Gasteiger partial charge in [-0.25, -0.2) is 0 Å². The number of aliphatic imine (C=N–C) groups is 1. The number of hydrogen-bond acceptors (Lipinski definition) is 3. The second-order valence-electron chi connectivity index (χ2n) is 8.59. The minimum Gasteiger partial charge on any atom is -0.497 e. The Hall–Kier alpha value is -2.24. The summed E-state index contributed by atoms with van der Waals surface area (Å²) >= 11 is 0. The fourth-order valence-electron chi connectivity index (χ4n) is 5.03. The lowest BCUT2D eigenvalue weighted by Gasteiger charge is -2.40. The first-order valence-electron chi connectivity index (χ1n) is 10.9. The molecule has 1 aliphatic carbocycles. The first-order valence-corrected chi connectivity index (χ1v) is 10.9. The number of amides is 1. The zero-order valence-corrected chi connectivity index (χ0v) is 18.0. The topological polar surface area (TPSA) is 80.0 Å². The Morgan fingerprint density at radius 1 is 1.24 bits per heavy atom. The van der Waals surface area contributed by atoms with Gasteiger partial charge in [-0.1, -0.05) is 31.4 Å². The number of primary amides is 1. The molecule has 160 valence electrons. The molecule has 3 N–H and O–H groups in total. The van der Waals surface area contributed by atoms with E-state index in [0.717, 1.165) is 44.2 Å². The Bertz CT molecular complexity index is 695. The summed E-state index contributed by atoms with van der Waals surface area (Å²) in [6.45, 7) is 2.70. The van der Waals surface area contributed by atoms with Crippen molar-refractivity contribution in [3.05, 3.63) is 29.8 Å². The number of nitrogens with two attached hydrogens (primary N) is 1. The van der Waals surface area contributed by atoms with Crippen LogP contribution in [-0.4, -0.2) is 50.6 Å². The van der Waals surface area contributed by atoms with E-state index in [0.29, 0.717) is 12.3 Å². The Labute approximate surface area is 174 Å². The number of nitrogens with zero attached hydrogens (tertiary/aromatic N) is 2. The second-order valence-corrected chi connectivity index (χ2v) is 8.59. The van der Waals surface area contributed by atoms with Crippen molar-refractivity contribution >= 4 is 11.9 Å². The third kappa shape index (κ3) is 5.43. The van der Waals surface area contributed by atoms with Gasteiger partial charge in [0.2, 0.25) is 5.91 Å². The summed E-state index contributed by atoms with van der Waals surface area (Å²) in [5, 5.41) is 3.68. The molecule has 1 atom stereocenters. The van der Waals surface area contributed by atoms with E-state index in [-0.39, 0.29) is 11.3 Å². The predicted molar refractivity (Wildman–Crippen MR) is 117 cm³/mol. The van der Waals surface area contributed by atoms with E-state index < -0.39 is 0 Å². The summed E-state index contributed by atoms with van der Waals surface area (Å²) in [6.07, 6.45) is 8.81. The molecule has 0 bridgehead atoms. The first kappa shape index (κ1) is 21.5. The molecule has 0 aromatic heterocycles. The van der Waals surface area contributed by atoms with Gasteiger partial charge in [-0.3, -0.25) is 9.79 Å². The molecule has 1 aromatic carbocycles. The molecular formula is C23H36N4O2. The summed E-state index contributed by atoms with van der Waals surface area (Å²) < 4.78 is 5.35. The molecule has 29 heavy (non-hydrogen) atoms. The third-order valence-corrected chi connectivity index (χ3v) is 6.62. The van der Waals surface area contributed by atoms with Crippen LogP contribution in [0.4, 0.5) is 0 Å². The van der Waals surface area contributed by atoms with Gasteiger partial charge in [-0.2, -0.15) is 0 Å². The van der Waals surface area contributed by atoms with Crippen LogP contribution in [0.5, 0.6) is 5.75 Å². The number of rotatable bonds is 6. The van der Waals surface area contributed by atoms with Crippen molar-refractivity contribution in [1.29, 1.82) is 0 Å². The van der Waals surface area contributed by atoms with Gasteiger partial charge in [0.25, 0.3) is 0 Å². The molecule has 1 unspecified atom stereocenters. The number of guanidine groups is 1. The number of carbonyl (C=O) groups excluding carboxylic acids is 1. The van der Waals surface area contributed by atoms with Gasteiger partial charge in [0, 0.05) is 38.5 Å². The van der Waals surface area contributed by atoms with E-state index in [2.05, 4.69) is 39.5 Å². The molecule has 0 spiro atoms. The van der Waals surface area contributed by atoms with Gasteiger partial charge in [-0.15, -0.1) is 0 Å². The number of hydrogen-bond donors (Lipinski definition) is 2. The van der Waals surface area contributed by atoms with Crippen LogP contribution in [0, 0.1) is 5.92 Å². The number of likely N-dealkylation sites (tertiary alicyclic amines) is 1. The van der Waals surface area contributed by atoms with E-state index in [4.69, 9.17) is 10.5 Å². The van der Waals surface area contributed by atoms with Gasteiger partial charge in [0.05, 0.1) is 7.11 Å². The second kappa shape index (κ2) is 9.99. The van der Waals surface area contributed by atoms with Crippen LogP contribution in [0.15, 0.2) is 29.3 Å². The van der Waals surface area contributed by atoms with E-state index in [1.54, 1.807) is 7.11 Å². The maximum absolute atomic E-state index is 11.3. The van der Waals surface area contributed by atoms with Crippen molar-refractivity contribution in [3.8, 4) is 5.75 Å². The van der Waals surface area contributed by atoms with Crippen LogP contribution >= 0.6 is 0 Å². The Morgan fingerprint density at radius 3 is 2.59 bits per heavy atom. The molecule has 1 amide bonds. The summed E-state index contributed by atoms with van der Waals surface area (Å²) in [7, 11) is 3.56. The van der Waals surface area contributed by atoms with Crippen LogP contribution < -0.4 is 15.8 Å². The number of piperidine rings is 1. The summed E-state index contributed by atoms with van der Waals surface area (Å²) in [5.41, 5.74) is 6.93. The van der Waals surface area contributed by atoms with Gasteiger partial charge in [0.1, 0.15) is 5.75 Å². The van der Waals surface area contributed by atoms with E-state index in [1.165, 1.54) is 37.7 Å². The molecule has 3 rings (SSSR count). The highest BCUT2D eigenvalue weighted by atomic mass is 16.5. The Balaban J connectivity index is 1.69. The number of nitrogens with one attached hydrogen (secondary N) is 1. The Morgan fingerprint density at radius 2 is 1.97 bits per heavy atom. The van der Waals surface area contributed by atoms with E-state index >= 15 is 0 Å². The van der Waals surface area contributed by atoms with Crippen molar-refractivity contribution < 1.29 is 9.53 Å². The third-order valence-electron chi connectivity index (χ3n) is 6.62. The molecule has 6 nitrogen and oxygen atoms in total. The molecule has 2 fully saturated rings. The van der Waals surface area contributed by atoms with E-state index in [9.17, 15) is 4.79 Å². The Kier molecular flexibility index (Phi) is 7.40. The predicted octanol–water partition coefficient (Wildman–Crippen LogP) is 3.06. The van der Waals surface area contributed by atoms with Gasteiger partial charge in [0.15, 0.2) is 5.96 Å². The van der Waals surface area contributed by atoms with Crippen molar-refractivity contribution in [2.45, 2.75) is 56.8 Å².